The first-order valence-corrected chi connectivity index (χ1v) is 9.00. The van der Waals surface area contributed by atoms with Crippen LogP contribution in [-0.4, -0.2) is 90.6 Å². The number of nitrogens with zero attached hydrogens (tertiary/aromatic N) is 2. The second-order valence-corrected chi connectivity index (χ2v) is 6.28. The van der Waals surface area contributed by atoms with Crippen molar-refractivity contribution in [3.8, 4) is 0 Å². The Balaban J connectivity index is 2.19. The molecule has 0 aromatic carbocycles. The Labute approximate surface area is 151 Å². The van der Waals surface area contributed by atoms with Gasteiger partial charge in [0.05, 0.1) is 6.61 Å². The normalized spacial score (nSPS) is 15.9. The Hall–Kier alpha value is -1.38. The summed E-state index contributed by atoms with van der Waals surface area (Å²) in [5.74, 6) is 1.22. The van der Waals surface area contributed by atoms with Gasteiger partial charge in [0, 0.05) is 60.7 Å². The Kier molecular flexibility index (Phi) is 12.0. The average Bonchev–Trinajstić information content (AvgIpc) is 2.62. The van der Waals surface area contributed by atoms with Gasteiger partial charge in [0.25, 0.3) is 0 Å². The minimum Gasteiger partial charge on any atom is -0.383 e. The number of carbonyl (C=O) groups is 1. The maximum Gasteiger partial charge on any atom is 0.243 e. The van der Waals surface area contributed by atoms with E-state index in [4.69, 9.17) is 14.2 Å². The predicted molar refractivity (Wildman–Crippen MR) is 97.9 cm³/mol. The molecule has 0 aromatic heterocycles. The topological polar surface area (TPSA) is 84.4 Å². The minimum absolute atomic E-state index is 0.0346. The van der Waals surface area contributed by atoms with Crippen LogP contribution in [0.25, 0.3) is 0 Å². The molecule has 1 amide bonds. The second kappa shape index (κ2) is 13.9. The van der Waals surface area contributed by atoms with E-state index in [1.807, 2.05) is 0 Å². The number of aliphatic imine (C=N–C) groups is 1. The summed E-state index contributed by atoms with van der Waals surface area (Å²) in [6.45, 7) is 5.32. The summed E-state index contributed by atoms with van der Waals surface area (Å²) in [7, 11) is 5.09. The van der Waals surface area contributed by atoms with Crippen molar-refractivity contribution in [2.45, 2.75) is 19.3 Å². The number of amides is 1. The van der Waals surface area contributed by atoms with Gasteiger partial charge in [-0.2, -0.15) is 0 Å². The summed E-state index contributed by atoms with van der Waals surface area (Å²) in [6, 6.07) is 0. The summed E-state index contributed by atoms with van der Waals surface area (Å²) in [4.78, 5) is 17.5. The van der Waals surface area contributed by atoms with Crippen LogP contribution in [0.2, 0.25) is 0 Å². The number of likely N-dealkylation sites (N-methyl/N-ethyl adjacent to an activating group) is 1. The van der Waals surface area contributed by atoms with Crippen molar-refractivity contribution >= 4 is 11.9 Å². The van der Waals surface area contributed by atoms with Gasteiger partial charge in [-0.15, -0.1) is 0 Å². The molecule has 1 rings (SSSR count). The fourth-order valence-corrected chi connectivity index (χ4v) is 2.28. The monoisotopic (exact) mass is 358 g/mol. The summed E-state index contributed by atoms with van der Waals surface area (Å²) in [5.41, 5.74) is 0. The van der Waals surface area contributed by atoms with Crippen molar-refractivity contribution in [2.24, 2.45) is 10.9 Å². The Morgan fingerprint density at radius 2 is 1.92 bits per heavy atom. The standard InChI is InChI=1S/C17H34N4O4/c1-21(2)16(22)13-20-17(19-8-12-23-3)18-7-4-9-25-14-15-5-10-24-11-6-15/h15H,4-14H2,1-3H3,(H2,18,19,20). The van der Waals surface area contributed by atoms with E-state index in [1.54, 1.807) is 21.2 Å². The maximum absolute atomic E-state index is 11.7. The van der Waals surface area contributed by atoms with Gasteiger partial charge in [0.1, 0.15) is 6.54 Å². The first-order valence-electron chi connectivity index (χ1n) is 9.00. The lowest BCUT2D eigenvalue weighted by atomic mass is 10.0. The van der Waals surface area contributed by atoms with Gasteiger partial charge in [-0.25, -0.2) is 4.99 Å². The predicted octanol–water partition coefficient (Wildman–Crippen LogP) is 0.0895. The van der Waals surface area contributed by atoms with Crippen molar-refractivity contribution in [2.75, 3.05) is 73.9 Å². The molecule has 1 heterocycles. The highest BCUT2D eigenvalue weighted by Crippen LogP contribution is 2.14. The third-order valence-electron chi connectivity index (χ3n) is 3.92. The molecule has 1 fully saturated rings. The van der Waals surface area contributed by atoms with Crippen LogP contribution in [0, 0.1) is 5.92 Å². The van der Waals surface area contributed by atoms with Gasteiger partial charge >= 0.3 is 0 Å². The van der Waals surface area contributed by atoms with Crippen LogP contribution >= 0.6 is 0 Å². The molecule has 0 atom stereocenters. The summed E-state index contributed by atoms with van der Waals surface area (Å²) >= 11 is 0. The van der Waals surface area contributed by atoms with E-state index in [0.717, 1.165) is 45.6 Å². The first-order chi connectivity index (χ1) is 12.1. The van der Waals surface area contributed by atoms with Crippen LogP contribution < -0.4 is 10.6 Å². The van der Waals surface area contributed by atoms with E-state index >= 15 is 0 Å². The molecule has 2 N–H and O–H groups in total. The molecule has 0 aliphatic carbocycles. The lowest BCUT2D eigenvalue weighted by Gasteiger charge is -2.21. The number of guanidine groups is 1. The van der Waals surface area contributed by atoms with E-state index < -0.39 is 0 Å². The lowest BCUT2D eigenvalue weighted by Crippen LogP contribution is -2.40. The number of nitrogens with one attached hydrogen (secondary N) is 2. The Morgan fingerprint density at radius 1 is 1.20 bits per heavy atom. The molecule has 25 heavy (non-hydrogen) atoms. The smallest absolute Gasteiger partial charge is 0.243 e. The number of methoxy groups -OCH3 is 1. The van der Waals surface area contributed by atoms with Crippen LogP contribution in [0.1, 0.15) is 19.3 Å². The fourth-order valence-electron chi connectivity index (χ4n) is 2.28. The van der Waals surface area contributed by atoms with Crippen molar-refractivity contribution < 1.29 is 19.0 Å². The Morgan fingerprint density at radius 3 is 2.60 bits per heavy atom. The van der Waals surface area contributed by atoms with Crippen LogP contribution in [0.15, 0.2) is 4.99 Å². The molecular formula is C17H34N4O4. The van der Waals surface area contributed by atoms with Crippen molar-refractivity contribution in [3.05, 3.63) is 0 Å². The van der Waals surface area contributed by atoms with E-state index in [1.165, 1.54) is 4.90 Å². The molecule has 1 saturated heterocycles. The number of carbonyl (C=O) groups excluding carboxylic acids is 1. The average molecular weight is 358 g/mol. The zero-order valence-electron chi connectivity index (χ0n) is 15.9. The molecule has 0 aromatic rings. The number of hydrogen-bond donors (Lipinski definition) is 2. The number of ether oxygens (including phenoxy) is 3. The second-order valence-electron chi connectivity index (χ2n) is 6.28. The SMILES string of the molecule is COCCNC(=NCC(=O)N(C)C)NCCCOCC1CCOCC1. The fraction of sp³-hybridized carbons (Fsp3) is 0.882. The van der Waals surface area contributed by atoms with Crippen molar-refractivity contribution in [3.63, 3.8) is 0 Å². The van der Waals surface area contributed by atoms with Crippen LogP contribution in [0.3, 0.4) is 0 Å². The molecule has 0 radical (unpaired) electrons. The van der Waals surface area contributed by atoms with Gasteiger partial charge in [-0.05, 0) is 25.2 Å². The van der Waals surface area contributed by atoms with Crippen LogP contribution in [-0.2, 0) is 19.0 Å². The molecule has 8 heteroatoms. The van der Waals surface area contributed by atoms with Crippen LogP contribution in [0.4, 0.5) is 0 Å². The highest BCUT2D eigenvalue weighted by atomic mass is 16.5. The van der Waals surface area contributed by atoms with Gasteiger partial charge in [-0.3, -0.25) is 4.79 Å². The third-order valence-corrected chi connectivity index (χ3v) is 3.92. The Bertz CT molecular complexity index is 385. The van der Waals surface area contributed by atoms with E-state index in [9.17, 15) is 4.79 Å². The molecule has 1 aliphatic heterocycles. The zero-order chi connectivity index (χ0) is 18.3. The lowest BCUT2D eigenvalue weighted by molar-refractivity contribution is -0.127. The highest BCUT2D eigenvalue weighted by molar-refractivity contribution is 5.84. The van der Waals surface area contributed by atoms with Gasteiger partial charge < -0.3 is 29.7 Å². The van der Waals surface area contributed by atoms with Crippen molar-refractivity contribution in [1.29, 1.82) is 0 Å². The van der Waals surface area contributed by atoms with E-state index in [2.05, 4.69) is 15.6 Å². The molecule has 146 valence electrons. The molecule has 8 nitrogen and oxygen atoms in total. The summed E-state index contributed by atoms with van der Waals surface area (Å²) < 4.78 is 16.1. The zero-order valence-corrected chi connectivity index (χ0v) is 15.9. The van der Waals surface area contributed by atoms with Gasteiger partial charge in [-0.1, -0.05) is 0 Å². The van der Waals surface area contributed by atoms with E-state index in [0.29, 0.717) is 31.6 Å². The quantitative estimate of drug-likeness (QED) is 0.309. The molecular weight excluding hydrogens is 324 g/mol. The van der Waals surface area contributed by atoms with Gasteiger partial charge in [0.2, 0.25) is 5.91 Å². The molecule has 0 spiro atoms. The first kappa shape index (κ1) is 21.7. The van der Waals surface area contributed by atoms with Crippen molar-refractivity contribution in [1.82, 2.24) is 15.5 Å². The molecule has 0 bridgehead atoms. The number of rotatable bonds is 11. The largest absolute Gasteiger partial charge is 0.383 e. The molecule has 1 aliphatic rings. The van der Waals surface area contributed by atoms with Crippen LogP contribution in [0.5, 0.6) is 0 Å². The van der Waals surface area contributed by atoms with Gasteiger partial charge in [0.15, 0.2) is 5.96 Å². The molecule has 0 saturated carbocycles. The summed E-state index contributed by atoms with van der Waals surface area (Å²) in [5, 5.41) is 6.37. The molecule has 0 unspecified atom stereocenters. The summed E-state index contributed by atoms with van der Waals surface area (Å²) in [6.07, 6.45) is 3.08. The minimum atomic E-state index is -0.0346. The maximum atomic E-state index is 11.7. The third kappa shape index (κ3) is 11.0. The number of hydrogen-bond acceptors (Lipinski definition) is 5. The highest BCUT2D eigenvalue weighted by Gasteiger charge is 2.13. The van der Waals surface area contributed by atoms with E-state index in [-0.39, 0.29) is 12.5 Å².